The minimum Gasteiger partial charge on any atom is -0.488 e. The molecule has 0 atom stereocenters. The van der Waals surface area contributed by atoms with Crippen molar-refractivity contribution in [3.63, 3.8) is 0 Å². The molecule has 1 aromatic heterocycles. The van der Waals surface area contributed by atoms with E-state index in [4.69, 9.17) is 9.72 Å². The summed E-state index contributed by atoms with van der Waals surface area (Å²) >= 11 is 0. The molecule has 1 fully saturated rings. The third-order valence-electron chi connectivity index (χ3n) is 6.50. The smallest absolute Gasteiger partial charge is 0.282 e. The predicted octanol–water partition coefficient (Wildman–Crippen LogP) is 5.78. The third kappa shape index (κ3) is 4.85. The van der Waals surface area contributed by atoms with E-state index in [1.165, 1.54) is 11.1 Å². The Hall–Kier alpha value is -4.24. The molecule has 4 aromatic rings. The number of benzene rings is 3. The Labute approximate surface area is 204 Å². The van der Waals surface area contributed by atoms with Crippen molar-refractivity contribution in [3.05, 3.63) is 106 Å². The Morgan fingerprint density at radius 2 is 1.74 bits per heavy atom. The molecule has 0 aliphatic heterocycles. The quantitative estimate of drug-likeness (QED) is 0.340. The van der Waals surface area contributed by atoms with E-state index in [1.54, 1.807) is 18.3 Å². The van der Waals surface area contributed by atoms with Crippen molar-refractivity contribution in [2.24, 2.45) is 5.10 Å². The Morgan fingerprint density at radius 1 is 1.00 bits per heavy atom. The third-order valence-corrected chi connectivity index (χ3v) is 6.50. The van der Waals surface area contributed by atoms with Gasteiger partial charge in [0.2, 0.25) is 0 Å². The van der Waals surface area contributed by atoms with E-state index >= 15 is 0 Å². The van der Waals surface area contributed by atoms with Gasteiger partial charge in [0.15, 0.2) is 0 Å². The van der Waals surface area contributed by atoms with Crippen LogP contribution >= 0.6 is 0 Å². The summed E-state index contributed by atoms with van der Waals surface area (Å²) in [4.78, 5) is 18.3. The first kappa shape index (κ1) is 22.5. The van der Waals surface area contributed by atoms with Crippen LogP contribution in [-0.2, 0) is 6.61 Å². The van der Waals surface area contributed by atoms with Gasteiger partial charge in [-0.2, -0.15) is 15.0 Å². The second-order valence-electron chi connectivity index (χ2n) is 8.78. The van der Waals surface area contributed by atoms with Crippen LogP contribution in [-0.4, -0.2) is 15.9 Å². The molecular weight excluding hydrogens is 436 g/mol. The Morgan fingerprint density at radius 3 is 2.60 bits per heavy atom. The number of hydrogen-bond donors (Lipinski definition) is 0. The number of nitrogens with zero attached hydrogens (tertiary/aromatic N) is 4. The Kier molecular flexibility index (Phi) is 6.67. The molecule has 0 N–H and O–H groups in total. The van der Waals surface area contributed by atoms with Crippen molar-refractivity contribution in [2.45, 2.75) is 44.6 Å². The van der Waals surface area contributed by atoms with Crippen molar-refractivity contribution >= 4 is 17.1 Å². The van der Waals surface area contributed by atoms with Gasteiger partial charge in [0, 0.05) is 17.0 Å². The first-order valence-electron chi connectivity index (χ1n) is 12.0. The van der Waals surface area contributed by atoms with E-state index in [1.807, 2.05) is 60.7 Å². The van der Waals surface area contributed by atoms with Gasteiger partial charge in [-0.3, -0.25) is 4.79 Å². The molecule has 0 spiro atoms. The second kappa shape index (κ2) is 10.4. The van der Waals surface area contributed by atoms with E-state index in [-0.39, 0.29) is 18.1 Å². The number of fused-ring (bicyclic) bond motifs is 1. The zero-order valence-electron chi connectivity index (χ0n) is 19.4. The molecule has 3 aromatic carbocycles. The van der Waals surface area contributed by atoms with Crippen molar-refractivity contribution in [1.82, 2.24) is 9.66 Å². The first-order valence-corrected chi connectivity index (χ1v) is 12.0. The van der Waals surface area contributed by atoms with Crippen molar-refractivity contribution in [1.29, 1.82) is 5.26 Å². The molecule has 35 heavy (non-hydrogen) atoms. The van der Waals surface area contributed by atoms with Crippen molar-refractivity contribution in [3.8, 4) is 11.8 Å². The van der Waals surface area contributed by atoms with Gasteiger partial charge in [-0.25, -0.2) is 4.98 Å². The number of rotatable bonds is 6. The highest BCUT2D eigenvalue weighted by molar-refractivity contribution is 5.83. The number of nitriles is 1. The monoisotopic (exact) mass is 462 g/mol. The molecule has 1 heterocycles. The molecule has 1 saturated carbocycles. The molecule has 174 valence electrons. The molecular formula is C29H26N4O2. The maximum atomic E-state index is 13.4. The Balaban J connectivity index is 1.50. The summed E-state index contributed by atoms with van der Waals surface area (Å²) in [5.74, 6) is 1.57. The van der Waals surface area contributed by atoms with E-state index in [2.05, 4.69) is 11.2 Å². The number of aromatic nitrogens is 2. The summed E-state index contributed by atoms with van der Waals surface area (Å²) in [5, 5.41) is 14.5. The van der Waals surface area contributed by atoms with Gasteiger partial charge in [-0.15, -0.1) is 0 Å². The molecule has 0 radical (unpaired) electrons. The normalized spacial score (nSPS) is 14.3. The number of para-hydroxylation sites is 2. The first-order chi connectivity index (χ1) is 17.2. The van der Waals surface area contributed by atoms with E-state index in [0.29, 0.717) is 22.2 Å². The number of hydrogen-bond acceptors (Lipinski definition) is 5. The van der Waals surface area contributed by atoms with Crippen LogP contribution in [0, 0.1) is 11.3 Å². The number of ether oxygens (including phenoxy) is 1. The summed E-state index contributed by atoms with van der Waals surface area (Å²) in [7, 11) is 0. The van der Waals surface area contributed by atoms with Crippen LogP contribution in [0.1, 0.15) is 60.5 Å². The average Bonchev–Trinajstić information content (AvgIpc) is 2.92. The van der Waals surface area contributed by atoms with E-state index in [0.717, 1.165) is 42.6 Å². The lowest BCUT2D eigenvalue weighted by Crippen LogP contribution is -2.25. The Bertz CT molecular complexity index is 1480. The fourth-order valence-corrected chi connectivity index (χ4v) is 4.63. The van der Waals surface area contributed by atoms with Gasteiger partial charge >= 0.3 is 0 Å². The predicted molar refractivity (Wildman–Crippen MR) is 137 cm³/mol. The highest BCUT2D eigenvalue weighted by atomic mass is 16.5. The second-order valence-corrected chi connectivity index (χ2v) is 8.78. The lowest BCUT2D eigenvalue weighted by molar-refractivity contribution is 0.305. The average molecular weight is 463 g/mol. The highest BCUT2D eigenvalue weighted by Gasteiger charge is 2.22. The highest BCUT2D eigenvalue weighted by Crippen LogP contribution is 2.31. The summed E-state index contributed by atoms with van der Waals surface area (Å²) < 4.78 is 7.53. The minimum atomic E-state index is -0.159. The lowest BCUT2D eigenvalue weighted by Gasteiger charge is -2.22. The minimum absolute atomic E-state index is 0.159. The zero-order valence-corrected chi connectivity index (χ0v) is 19.4. The van der Waals surface area contributed by atoms with E-state index in [9.17, 15) is 10.1 Å². The largest absolute Gasteiger partial charge is 0.488 e. The fraction of sp³-hybridized carbons (Fsp3) is 0.241. The van der Waals surface area contributed by atoms with Gasteiger partial charge in [-0.05, 0) is 43.2 Å². The molecule has 5 rings (SSSR count). The van der Waals surface area contributed by atoms with Gasteiger partial charge in [0.1, 0.15) is 18.2 Å². The molecule has 1 aliphatic rings. The molecule has 0 unspecified atom stereocenters. The summed E-state index contributed by atoms with van der Waals surface area (Å²) in [5.41, 5.74) is 2.70. The van der Waals surface area contributed by atoms with Gasteiger partial charge in [0.05, 0.1) is 28.8 Å². The van der Waals surface area contributed by atoms with Crippen LogP contribution in [0.15, 0.2) is 82.7 Å². The lowest BCUT2D eigenvalue weighted by atomic mass is 9.88. The maximum Gasteiger partial charge on any atom is 0.282 e. The van der Waals surface area contributed by atoms with Crippen LogP contribution in [0.25, 0.3) is 10.9 Å². The van der Waals surface area contributed by atoms with Gasteiger partial charge in [-0.1, -0.05) is 61.7 Å². The molecule has 1 aliphatic carbocycles. The summed E-state index contributed by atoms with van der Waals surface area (Å²) in [6.45, 7) is 0.263. The zero-order chi connectivity index (χ0) is 24.0. The standard InChI is InChI=1S/C29H26N4O2/c30-18-22-12-4-5-14-24(22)20-35-27-17-9-6-13-23(27)19-31-33-28(21-10-2-1-3-11-21)32-26-16-8-7-15-25(26)29(33)34/h4-9,12-17,19,21H,1-3,10-11,20H2. The molecule has 0 saturated heterocycles. The van der Waals surface area contributed by atoms with Crippen LogP contribution in [0.5, 0.6) is 5.75 Å². The van der Waals surface area contributed by atoms with Crippen LogP contribution in [0.2, 0.25) is 0 Å². The topological polar surface area (TPSA) is 80.3 Å². The van der Waals surface area contributed by atoms with Gasteiger partial charge in [0.25, 0.3) is 5.56 Å². The van der Waals surface area contributed by atoms with Crippen LogP contribution in [0.4, 0.5) is 0 Å². The van der Waals surface area contributed by atoms with E-state index < -0.39 is 0 Å². The van der Waals surface area contributed by atoms with Crippen LogP contribution in [0.3, 0.4) is 0 Å². The van der Waals surface area contributed by atoms with Gasteiger partial charge < -0.3 is 4.74 Å². The molecule has 6 nitrogen and oxygen atoms in total. The summed E-state index contributed by atoms with van der Waals surface area (Å²) in [6.07, 6.45) is 7.18. The SMILES string of the molecule is N#Cc1ccccc1COc1ccccc1C=Nn1c(C2CCCCC2)nc2ccccc2c1=O. The van der Waals surface area contributed by atoms with Crippen molar-refractivity contribution in [2.75, 3.05) is 0 Å². The molecule has 0 amide bonds. The van der Waals surface area contributed by atoms with Crippen LogP contribution < -0.4 is 10.3 Å². The summed E-state index contributed by atoms with van der Waals surface area (Å²) in [6, 6.07) is 24.6. The maximum absolute atomic E-state index is 13.4. The molecule has 6 heteroatoms. The molecule has 0 bridgehead atoms. The fourth-order valence-electron chi connectivity index (χ4n) is 4.63. The van der Waals surface area contributed by atoms with Crippen molar-refractivity contribution < 1.29 is 4.74 Å².